The molecular weight excluding hydrogens is 359 g/mol. The Balaban J connectivity index is 2.05. The molecule has 1 aromatic carbocycles. The Morgan fingerprint density at radius 2 is 1.76 bits per heavy atom. The molecule has 1 atom stereocenters. The number of amides is 1. The lowest BCUT2D eigenvalue weighted by Gasteiger charge is -2.32. The third-order valence-corrected chi connectivity index (χ3v) is 3.91. The number of carbonyl (C=O) groups excluding carboxylic acids is 1. The maximum absolute atomic E-state index is 13.1. The van der Waals surface area contributed by atoms with Crippen LogP contribution in [0, 0.1) is 0 Å². The molecule has 0 bridgehead atoms. The molecule has 130 valence electrons. The number of hydrogen-bond acceptors (Lipinski definition) is 3. The molecule has 0 fully saturated rings. The standard InChI is InChI=1S/C16H11ClF3N3O2/c17-12-3-1-10(2-4-12)14(24)23-15(25,11-5-7-21-8-6-11)9-13(22-23)16(18,19)20/h1-9,22,25H/p+1. The van der Waals surface area contributed by atoms with E-state index in [-0.39, 0.29) is 11.1 Å². The highest BCUT2D eigenvalue weighted by Gasteiger charge is 2.50. The van der Waals surface area contributed by atoms with E-state index in [1.807, 2.05) is 5.43 Å². The first-order valence-electron chi connectivity index (χ1n) is 7.07. The Hall–Kier alpha value is -2.58. The maximum Gasteiger partial charge on any atom is 0.432 e. The zero-order valence-electron chi connectivity index (χ0n) is 12.5. The number of nitrogens with zero attached hydrogens (tertiary/aromatic N) is 1. The van der Waals surface area contributed by atoms with Crippen LogP contribution in [0.25, 0.3) is 0 Å². The molecular formula is C16H12ClF3N3O2+. The molecule has 1 aliphatic rings. The summed E-state index contributed by atoms with van der Waals surface area (Å²) in [5.74, 6) is -0.845. The highest BCUT2D eigenvalue weighted by atomic mass is 35.5. The van der Waals surface area contributed by atoms with Crippen LogP contribution < -0.4 is 10.4 Å². The largest absolute Gasteiger partial charge is 0.432 e. The van der Waals surface area contributed by atoms with E-state index in [2.05, 4.69) is 4.98 Å². The van der Waals surface area contributed by atoms with Gasteiger partial charge in [-0.05, 0) is 24.3 Å². The number of aromatic nitrogens is 1. The maximum atomic E-state index is 13.1. The monoisotopic (exact) mass is 370 g/mol. The fourth-order valence-electron chi connectivity index (χ4n) is 2.42. The van der Waals surface area contributed by atoms with E-state index in [9.17, 15) is 23.1 Å². The number of H-pyrrole nitrogens is 1. The Morgan fingerprint density at radius 1 is 1.16 bits per heavy atom. The van der Waals surface area contributed by atoms with Crippen LogP contribution in [-0.4, -0.2) is 22.2 Å². The molecule has 0 spiro atoms. The van der Waals surface area contributed by atoms with Crippen molar-refractivity contribution in [1.82, 2.24) is 10.4 Å². The van der Waals surface area contributed by atoms with Crippen LogP contribution in [0.15, 0.2) is 60.6 Å². The number of aliphatic hydroxyl groups is 1. The molecule has 1 aromatic heterocycles. The quantitative estimate of drug-likeness (QED) is 0.853. The molecule has 3 rings (SSSR count). The van der Waals surface area contributed by atoms with Crippen LogP contribution in [0.2, 0.25) is 5.02 Å². The van der Waals surface area contributed by atoms with Gasteiger partial charge in [0.05, 0.1) is 0 Å². The smallest absolute Gasteiger partial charge is 0.362 e. The van der Waals surface area contributed by atoms with Gasteiger partial charge in [-0.15, -0.1) is 0 Å². The summed E-state index contributed by atoms with van der Waals surface area (Å²) >= 11 is 5.76. The fourth-order valence-corrected chi connectivity index (χ4v) is 2.55. The van der Waals surface area contributed by atoms with Gasteiger partial charge in [-0.1, -0.05) is 11.6 Å². The molecule has 0 saturated heterocycles. The minimum atomic E-state index is -4.76. The van der Waals surface area contributed by atoms with Crippen molar-refractivity contribution in [2.75, 3.05) is 0 Å². The number of alkyl halides is 3. The Kier molecular flexibility index (Phi) is 4.18. The van der Waals surface area contributed by atoms with Crippen LogP contribution in [0.4, 0.5) is 13.2 Å². The van der Waals surface area contributed by atoms with E-state index in [4.69, 9.17) is 11.6 Å². The average Bonchev–Trinajstić information content (AvgIpc) is 2.95. The molecule has 0 saturated carbocycles. The highest BCUT2D eigenvalue weighted by Crippen LogP contribution is 2.38. The summed E-state index contributed by atoms with van der Waals surface area (Å²) in [4.78, 5) is 15.4. The highest BCUT2D eigenvalue weighted by molar-refractivity contribution is 6.30. The van der Waals surface area contributed by atoms with E-state index >= 15 is 0 Å². The number of hydrogen-bond donors (Lipinski definition) is 2. The molecule has 0 radical (unpaired) electrons. The van der Waals surface area contributed by atoms with Crippen molar-refractivity contribution in [1.29, 1.82) is 0 Å². The van der Waals surface area contributed by atoms with Crippen LogP contribution >= 0.6 is 11.6 Å². The van der Waals surface area contributed by atoms with Crippen molar-refractivity contribution < 1.29 is 28.1 Å². The van der Waals surface area contributed by atoms with E-state index in [1.54, 1.807) is 0 Å². The summed E-state index contributed by atoms with van der Waals surface area (Å²) in [5, 5.41) is 11.8. The van der Waals surface area contributed by atoms with Crippen LogP contribution in [0.3, 0.4) is 0 Å². The van der Waals surface area contributed by atoms with E-state index in [0.717, 1.165) is 0 Å². The van der Waals surface area contributed by atoms with Gasteiger partial charge in [0.1, 0.15) is 5.70 Å². The summed E-state index contributed by atoms with van der Waals surface area (Å²) in [6.45, 7) is 0. The first-order chi connectivity index (χ1) is 11.7. The van der Waals surface area contributed by atoms with Gasteiger partial charge in [0.25, 0.3) is 5.91 Å². The average molecular weight is 371 g/mol. The normalized spacial score (nSPS) is 20.2. The van der Waals surface area contributed by atoms with Gasteiger partial charge in [-0.2, -0.15) is 13.2 Å². The van der Waals surface area contributed by atoms with Gasteiger partial charge in [0.15, 0.2) is 12.4 Å². The third kappa shape index (κ3) is 3.18. The number of halogens is 4. The van der Waals surface area contributed by atoms with Gasteiger partial charge >= 0.3 is 6.18 Å². The number of pyridine rings is 1. The number of rotatable bonds is 2. The van der Waals surface area contributed by atoms with Gasteiger partial charge in [0, 0.05) is 34.4 Å². The first-order valence-corrected chi connectivity index (χ1v) is 7.45. The van der Waals surface area contributed by atoms with Gasteiger partial charge in [0.2, 0.25) is 5.72 Å². The molecule has 1 aliphatic heterocycles. The lowest BCUT2D eigenvalue weighted by atomic mass is 10.0. The van der Waals surface area contributed by atoms with Crippen LogP contribution in [0.5, 0.6) is 0 Å². The molecule has 2 heterocycles. The number of carbonyl (C=O) groups is 1. The van der Waals surface area contributed by atoms with Gasteiger partial charge < -0.3 is 5.11 Å². The zero-order valence-corrected chi connectivity index (χ0v) is 13.3. The van der Waals surface area contributed by atoms with Gasteiger partial charge in [-0.3, -0.25) is 10.2 Å². The van der Waals surface area contributed by atoms with Crippen molar-refractivity contribution in [2.24, 2.45) is 0 Å². The SMILES string of the molecule is O=C(c1ccc(Cl)cc1)N1NC(C(F)(F)F)=CC1(O)c1cc[nH+]cc1. The molecule has 25 heavy (non-hydrogen) atoms. The molecule has 0 aliphatic carbocycles. The second kappa shape index (κ2) is 6.05. The summed E-state index contributed by atoms with van der Waals surface area (Å²) in [5.41, 5.74) is -1.43. The van der Waals surface area contributed by atoms with E-state index < -0.39 is 23.5 Å². The number of nitrogens with one attached hydrogen (secondary N) is 2. The van der Waals surface area contributed by atoms with Crippen molar-refractivity contribution >= 4 is 17.5 Å². The Morgan fingerprint density at radius 3 is 2.32 bits per heavy atom. The first kappa shape index (κ1) is 17.2. The minimum Gasteiger partial charge on any atom is -0.362 e. The molecule has 1 unspecified atom stereocenters. The summed E-state index contributed by atoms with van der Waals surface area (Å²) in [6.07, 6.45) is -1.34. The van der Waals surface area contributed by atoms with Crippen molar-refractivity contribution in [3.63, 3.8) is 0 Å². The molecule has 9 heteroatoms. The lowest BCUT2D eigenvalue weighted by molar-refractivity contribution is -0.378. The van der Waals surface area contributed by atoms with Crippen molar-refractivity contribution in [2.45, 2.75) is 11.9 Å². The van der Waals surface area contributed by atoms with E-state index in [0.29, 0.717) is 16.1 Å². The van der Waals surface area contributed by atoms with Gasteiger partial charge in [-0.25, -0.2) is 9.99 Å². The fraction of sp³-hybridized carbons (Fsp3) is 0.125. The number of benzene rings is 1. The predicted octanol–water partition coefficient (Wildman–Crippen LogP) is 2.41. The molecule has 5 nitrogen and oxygen atoms in total. The topological polar surface area (TPSA) is 66.7 Å². The Bertz CT molecular complexity index is 825. The lowest BCUT2D eigenvalue weighted by Crippen LogP contribution is -2.51. The second-order valence-electron chi connectivity index (χ2n) is 5.33. The van der Waals surface area contributed by atoms with Crippen LogP contribution in [-0.2, 0) is 5.72 Å². The second-order valence-corrected chi connectivity index (χ2v) is 5.77. The third-order valence-electron chi connectivity index (χ3n) is 3.66. The molecule has 1 amide bonds. The molecule has 2 aromatic rings. The summed E-state index contributed by atoms with van der Waals surface area (Å²) in [7, 11) is 0. The van der Waals surface area contributed by atoms with Crippen molar-refractivity contribution in [3.8, 4) is 0 Å². The molecule has 3 N–H and O–H groups in total. The summed E-state index contributed by atoms with van der Waals surface area (Å²) < 4.78 is 39.3. The summed E-state index contributed by atoms with van der Waals surface area (Å²) in [6, 6.07) is 8.33. The van der Waals surface area contributed by atoms with Crippen LogP contribution in [0.1, 0.15) is 15.9 Å². The zero-order chi connectivity index (χ0) is 18.2. The van der Waals surface area contributed by atoms with E-state index in [1.165, 1.54) is 48.8 Å². The number of hydrazine groups is 1. The number of aromatic amines is 1. The minimum absolute atomic E-state index is 0.0645. The van der Waals surface area contributed by atoms with Crippen molar-refractivity contribution in [3.05, 3.63) is 76.7 Å². The number of allylic oxidation sites excluding steroid dienone is 1. The predicted molar refractivity (Wildman–Crippen MR) is 81.8 cm³/mol. The Labute approximate surface area is 145 Å².